The minimum absolute atomic E-state index is 0.109. The van der Waals surface area contributed by atoms with E-state index >= 15 is 0 Å². The minimum atomic E-state index is -0.914. The number of carbonyl (C=O) groups excluding carboxylic acids is 2. The number of likely N-dealkylation sites (N-methyl/N-ethyl adjacent to an activating group) is 1. The Morgan fingerprint density at radius 1 is 1.36 bits per heavy atom. The van der Waals surface area contributed by atoms with Gasteiger partial charge in [-0.2, -0.15) is 5.26 Å². The van der Waals surface area contributed by atoms with Crippen LogP contribution in [0.2, 0.25) is 0 Å². The summed E-state index contributed by atoms with van der Waals surface area (Å²) in [4.78, 5) is 24.8. The third kappa shape index (κ3) is 4.98. The van der Waals surface area contributed by atoms with E-state index in [1.165, 1.54) is 12.1 Å². The summed E-state index contributed by atoms with van der Waals surface area (Å²) in [6, 6.07) is 5.35. The number of hydrogen-bond donors (Lipinski definition) is 2. The molecule has 0 spiro atoms. The number of carbonyl (C=O) groups is 2. The number of ether oxygens (including phenoxy) is 1. The van der Waals surface area contributed by atoms with Crippen LogP contribution in [0.15, 0.2) is 24.3 Å². The van der Waals surface area contributed by atoms with Crippen LogP contribution in [0.5, 0.6) is 5.75 Å². The molecule has 0 aromatic heterocycles. The average molecular weight is 305 g/mol. The summed E-state index contributed by atoms with van der Waals surface area (Å²) < 4.78 is 4.78. The van der Waals surface area contributed by atoms with Crippen molar-refractivity contribution in [3.8, 4) is 11.9 Å². The van der Waals surface area contributed by atoms with E-state index in [1.54, 1.807) is 32.2 Å². The third-order valence-electron chi connectivity index (χ3n) is 2.94. The summed E-state index contributed by atoms with van der Waals surface area (Å²) >= 11 is 0. The topological polar surface area (TPSA) is 103 Å². The quantitative estimate of drug-likeness (QED) is 0.610. The Morgan fingerprint density at radius 3 is 2.50 bits per heavy atom. The first-order valence-corrected chi connectivity index (χ1v) is 6.94. The SMILES string of the molecule is CCOC(=O)NC(Cc1ccc(O)cc1)C(=O)N(C#N)CC. The lowest BCUT2D eigenvalue weighted by Gasteiger charge is -2.21. The highest BCUT2D eigenvalue weighted by Crippen LogP contribution is 2.12. The average Bonchev–Trinajstić information content (AvgIpc) is 2.50. The van der Waals surface area contributed by atoms with Crippen molar-refractivity contribution in [2.75, 3.05) is 13.2 Å². The van der Waals surface area contributed by atoms with Gasteiger partial charge in [-0.25, -0.2) is 9.69 Å². The van der Waals surface area contributed by atoms with Crippen LogP contribution in [-0.2, 0) is 16.0 Å². The lowest BCUT2D eigenvalue weighted by molar-refractivity contribution is -0.130. The molecule has 118 valence electrons. The number of aromatic hydroxyl groups is 1. The lowest BCUT2D eigenvalue weighted by atomic mass is 10.0. The van der Waals surface area contributed by atoms with Gasteiger partial charge in [0.1, 0.15) is 11.8 Å². The molecule has 7 nitrogen and oxygen atoms in total. The molecule has 2 amide bonds. The van der Waals surface area contributed by atoms with Crippen LogP contribution in [-0.4, -0.2) is 41.2 Å². The van der Waals surface area contributed by atoms with Crippen molar-refractivity contribution >= 4 is 12.0 Å². The molecule has 1 rings (SSSR count). The lowest BCUT2D eigenvalue weighted by Crippen LogP contribution is -2.48. The summed E-state index contributed by atoms with van der Waals surface area (Å²) in [5.41, 5.74) is 0.738. The molecule has 0 bridgehead atoms. The number of nitriles is 1. The Kier molecular flexibility index (Phi) is 6.70. The predicted molar refractivity (Wildman–Crippen MR) is 78.8 cm³/mol. The summed E-state index contributed by atoms with van der Waals surface area (Å²) in [7, 11) is 0. The highest BCUT2D eigenvalue weighted by Gasteiger charge is 2.26. The van der Waals surface area contributed by atoms with Crippen LogP contribution in [0.1, 0.15) is 19.4 Å². The molecule has 0 saturated heterocycles. The van der Waals surface area contributed by atoms with Crippen LogP contribution >= 0.6 is 0 Å². The van der Waals surface area contributed by atoms with E-state index in [9.17, 15) is 14.7 Å². The Hall–Kier alpha value is -2.75. The number of alkyl carbamates (subject to hydrolysis) is 1. The molecule has 0 heterocycles. The normalized spacial score (nSPS) is 11.1. The number of nitrogens with zero attached hydrogens (tertiary/aromatic N) is 2. The zero-order valence-electron chi connectivity index (χ0n) is 12.6. The number of phenolic OH excluding ortho intramolecular Hbond substituents is 1. The molecule has 1 aromatic rings. The van der Waals surface area contributed by atoms with Gasteiger partial charge in [0.2, 0.25) is 0 Å². The Labute approximate surface area is 129 Å². The first kappa shape index (κ1) is 17.3. The molecule has 0 aliphatic rings. The van der Waals surface area contributed by atoms with Gasteiger partial charge in [-0.1, -0.05) is 12.1 Å². The Balaban J connectivity index is 2.90. The molecular formula is C15H19N3O4. The van der Waals surface area contributed by atoms with Crippen LogP contribution in [0, 0.1) is 11.5 Å². The van der Waals surface area contributed by atoms with E-state index in [-0.39, 0.29) is 25.3 Å². The number of nitrogens with one attached hydrogen (secondary N) is 1. The summed E-state index contributed by atoms with van der Waals surface area (Å²) in [5, 5.41) is 20.7. The first-order chi connectivity index (χ1) is 10.5. The van der Waals surface area contributed by atoms with Gasteiger partial charge in [0.25, 0.3) is 5.91 Å². The molecule has 2 N–H and O–H groups in total. The molecule has 1 atom stereocenters. The van der Waals surface area contributed by atoms with Crippen LogP contribution < -0.4 is 5.32 Å². The van der Waals surface area contributed by atoms with E-state index in [4.69, 9.17) is 10.00 Å². The fourth-order valence-electron chi connectivity index (χ4n) is 1.85. The molecule has 1 aromatic carbocycles. The first-order valence-electron chi connectivity index (χ1n) is 6.94. The fraction of sp³-hybridized carbons (Fsp3) is 0.400. The molecular weight excluding hydrogens is 286 g/mol. The van der Waals surface area contributed by atoms with E-state index in [0.717, 1.165) is 10.5 Å². The zero-order chi connectivity index (χ0) is 16.5. The number of benzene rings is 1. The van der Waals surface area contributed by atoms with Crippen molar-refractivity contribution < 1.29 is 19.4 Å². The second-order valence-electron chi connectivity index (χ2n) is 4.47. The maximum atomic E-state index is 12.3. The standard InChI is InChI=1S/C15H19N3O4/c1-3-18(10-16)14(20)13(17-15(21)22-4-2)9-11-5-7-12(19)8-6-11/h5-8,13,19H,3-4,9H2,1-2H3,(H,17,21). The van der Waals surface area contributed by atoms with Crippen LogP contribution in [0.3, 0.4) is 0 Å². The van der Waals surface area contributed by atoms with Gasteiger partial charge in [-0.15, -0.1) is 0 Å². The molecule has 0 radical (unpaired) electrons. The van der Waals surface area contributed by atoms with Gasteiger partial charge in [-0.3, -0.25) is 4.79 Å². The van der Waals surface area contributed by atoms with Gasteiger partial charge in [0.05, 0.1) is 6.61 Å². The number of rotatable bonds is 6. The number of hydrogen-bond acceptors (Lipinski definition) is 5. The molecule has 22 heavy (non-hydrogen) atoms. The smallest absolute Gasteiger partial charge is 0.407 e. The Bertz CT molecular complexity index is 551. The minimum Gasteiger partial charge on any atom is -0.508 e. The van der Waals surface area contributed by atoms with Crippen molar-refractivity contribution in [2.45, 2.75) is 26.3 Å². The monoisotopic (exact) mass is 305 g/mol. The maximum absolute atomic E-state index is 12.3. The van der Waals surface area contributed by atoms with Gasteiger partial charge >= 0.3 is 6.09 Å². The highest BCUT2D eigenvalue weighted by atomic mass is 16.5. The van der Waals surface area contributed by atoms with Crippen molar-refractivity contribution in [2.24, 2.45) is 0 Å². The molecule has 7 heteroatoms. The van der Waals surface area contributed by atoms with Crippen molar-refractivity contribution in [3.05, 3.63) is 29.8 Å². The van der Waals surface area contributed by atoms with Gasteiger partial charge in [0, 0.05) is 13.0 Å². The van der Waals surface area contributed by atoms with Crippen LogP contribution in [0.25, 0.3) is 0 Å². The van der Waals surface area contributed by atoms with Crippen LogP contribution in [0.4, 0.5) is 4.79 Å². The summed E-state index contributed by atoms with van der Waals surface area (Å²) in [6.45, 7) is 3.72. The largest absolute Gasteiger partial charge is 0.508 e. The van der Waals surface area contributed by atoms with Crippen molar-refractivity contribution in [3.63, 3.8) is 0 Å². The van der Waals surface area contributed by atoms with E-state index in [2.05, 4.69) is 5.32 Å². The van der Waals surface area contributed by atoms with E-state index in [0.29, 0.717) is 0 Å². The highest BCUT2D eigenvalue weighted by molar-refractivity contribution is 5.87. The molecule has 0 aliphatic carbocycles. The number of phenols is 1. The van der Waals surface area contributed by atoms with E-state index < -0.39 is 18.0 Å². The van der Waals surface area contributed by atoms with Crippen molar-refractivity contribution in [1.82, 2.24) is 10.2 Å². The second-order valence-corrected chi connectivity index (χ2v) is 4.47. The third-order valence-corrected chi connectivity index (χ3v) is 2.94. The molecule has 0 saturated carbocycles. The van der Waals surface area contributed by atoms with Crippen molar-refractivity contribution in [1.29, 1.82) is 5.26 Å². The molecule has 1 unspecified atom stereocenters. The molecule has 0 fully saturated rings. The summed E-state index contributed by atoms with van der Waals surface area (Å²) in [5.74, 6) is -0.400. The maximum Gasteiger partial charge on any atom is 0.407 e. The fourth-order valence-corrected chi connectivity index (χ4v) is 1.85. The predicted octanol–water partition coefficient (Wildman–Crippen LogP) is 1.38. The van der Waals surface area contributed by atoms with Gasteiger partial charge < -0.3 is 15.2 Å². The van der Waals surface area contributed by atoms with E-state index in [1.807, 2.05) is 0 Å². The number of amides is 2. The summed E-state index contributed by atoms with van der Waals surface area (Å²) in [6.07, 6.45) is 1.26. The van der Waals surface area contributed by atoms with Gasteiger partial charge in [0.15, 0.2) is 6.19 Å². The Morgan fingerprint density at radius 2 is 2.00 bits per heavy atom. The van der Waals surface area contributed by atoms with Gasteiger partial charge in [-0.05, 0) is 31.5 Å². The zero-order valence-corrected chi connectivity index (χ0v) is 12.6. The second kappa shape index (κ2) is 8.52. The molecule has 0 aliphatic heterocycles.